The maximum absolute atomic E-state index is 12.8. The van der Waals surface area contributed by atoms with Gasteiger partial charge in [0.05, 0.1) is 5.56 Å². The quantitative estimate of drug-likeness (QED) is 0.459. The van der Waals surface area contributed by atoms with E-state index in [9.17, 15) is 14.4 Å². The number of hydrogen-bond donors (Lipinski definition) is 2. The van der Waals surface area contributed by atoms with Crippen LogP contribution in [0, 0.1) is 6.92 Å². The van der Waals surface area contributed by atoms with Gasteiger partial charge in [0, 0.05) is 18.4 Å². The van der Waals surface area contributed by atoms with Crippen LogP contribution in [0.2, 0.25) is 0 Å². The lowest BCUT2D eigenvalue weighted by Crippen LogP contribution is -2.29. The molecule has 0 saturated carbocycles. The molecule has 2 aromatic carbocycles. The van der Waals surface area contributed by atoms with Crippen LogP contribution < -0.4 is 16.3 Å². The first kappa shape index (κ1) is 22.0. The van der Waals surface area contributed by atoms with Crippen molar-refractivity contribution in [3.8, 4) is 0 Å². The van der Waals surface area contributed by atoms with Crippen LogP contribution in [0.1, 0.15) is 34.0 Å². The summed E-state index contributed by atoms with van der Waals surface area (Å²) in [5.74, 6) is -0.650. The van der Waals surface area contributed by atoms with Gasteiger partial charge in [-0.2, -0.15) is 0 Å². The molecule has 8 nitrogen and oxygen atoms in total. The monoisotopic (exact) mass is 443 g/mol. The summed E-state index contributed by atoms with van der Waals surface area (Å²) >= 11 is 0. The van der Waals surface area contributed by atoms with Crippen molar-refractivity contribution in [3.05, 3.63) is 99.6 Å². The van der Waals surface area contributed by atoms with E-state index in [1.165, 1.54) is 10.6 Å². The molecule has 0 aliphatic rings. The highest BCUT2D eigenvalue weighted by atomic mass is 16.2. The summed E-state index contributed by atoms with van der Waals surface area (Å²) in [5, 5.41) is 9.90. The first-order valence-corrected chi connectivity index (χ1v) is 10.8. The van der Waals surface area contributed by atoms with Crippen molar-refractivity contribution in [1.29, 1.82) is 0 Å². The van der Waals surface area contributed by atoms with E-state index >= 15 is 0 Å². The van der Waals surface area contributed by atoms with E-state index in [0.29, 0.717) is 23.4 Å². The summed E-state index contributed by atoms with van der Waals surface area (Å²) in [6.45, 7) is 4.16. The van der Waals surface area contributed by atoms with Crippen molar-refractivity contribution in [2.45, 2.75) is 33.4 Å². The molecule has 0 bridgehead atoms. The van der Waals surface area contributed by atoms with E-state index in [1.54, 1.807) is 12.1 Å². The number of rotatable bonds is 7. The predicted octanol–water partition coefficient (Wildman–Crippen LogP) is 2.94. The van der Waals surface area contributed by atoms with Gasteiger partial charge in [0.1, 0.15) is 6.54 Å². The van der Waals surface area contributed by atoms with Crippen molar-refractivity contribution < 1.29 is 9.59 Å². The number of carbonyl (C=O) groups is 2. The van der Waals surface area contributed by atoms with Crippen molar-refractivity contribution in [1.82, 2.24) is 19.5 Å². The maximum atomic E-state index is 12.8. The number of anilines is 1. The third-order valence-corrected chi connectivity index (χ3v) is 5.38. The fourth-order valence-electron chi connectivity index (χ4n) is 3.52. The summed E-state index contributed by atoms with van der Waals surface area (Å²) < 4.78 is 2.36. The van der Waals surface area contributed by atoms with Crippen LogP contribution in [0.25, 0.3) is 5.65 Å². The topological polar surface area (TPSA) is 97.5 Å². The van der Waals surface area contributed by atoms with Crippen LogP contribution in [0.3, 0.4) is 0 Å². The minimum atomic E-state index is -0.489. The van der Waals surface area contributed by atoms with Gasteiger partial charge in [0.15, 0.2) is 5.65 Å². The Bertz CT molecular complexity index is 1370. The summed E-state index contributed by atoms with van der Waals surface area (Å²) in [6.07, 6.45) is 2.22. The molecule has 0 aliphatic heterocycles. The number of pyridine rings is 1. The average molecular weight is 444 g/mol. The number of nitrogens with one attached hydrogen (secondary N) is 2. The maximum Gasteiger partial charge on any atom is 0.350 e. The second-order valence-electron chi connectivity index (χ2n) is 7.81. The number of aryl methyl sites for hydroxylation is 2. The van der Waals surface area contributed by atoms with E-state index in [2.05, 4.69) is 15.7 Å². The Morgan fingerprint density at radius 2 is 1.76 bits per heavy atom. The van der Waals surface area contributed by atoms with Gasteiger partial charge < -0.3 is 10.6 Å². The van der Waals surface area contributed by atoms with Crippen LogP contribution in [0.4, 0.5) is 5.69 Å². The molecule has 4 rings (SSSR count). The van der Waals surface area contributed by atoms with Gasteiger partial charge in [-0.15, -0.1) is 5.10 Å². The molecule has 0 fully saturated rings. The molecule has 2 heterocycles. The van der Waals surface area contributed by atoms with Gasteiger partial charge in [-0.1, -0.05) is 55.0 Å². The lowest BCUT2D eigenvalue weighted by Gasteiger charge is -2.09. The normalized spacial score (nSPS) is 10.8. The SMILES string of the molecule is CCc1ccccc1NC(=O)Cn1nc2ccc(C(=O)NCc3ccc(C)cc3)cn2c1=O. The highest BCUT2D eigenvalue weighted by Crippen LogP contribution is 2.15. The summed E-state index contributed by atoms with van der Waals surface area (Å²) in [6, 6.07) is 18.6. The molecule has 0 saturated heterocycles. The Balaban J connectivity index is 1.47. The van der Waals surface area contributed by atoms with Crippen LogP contribution >= 0.6 is 0 Å². The number of benzene rings is 2. The second-order valence-corrected chi connectivity index (χ2v) is 7.81. The van der Waals surface area contributed by atoms with Gasteiger partial charge >= 0.3 is 5.69 Å². The Morgan fingerprint density at radius 1 is 1.00 bits per heavy atom. The molecule has 0 radical (unpaired) electrons. The van der Waals surface area contributed by atoms with Crippen LogP contribution in [-0.4, -0.2) is 26.0 Å². The lowest BCUT2D eigenvalue weighted by atomic mass is 10.1. The van der Waals surface area contributed by atoms with Crippen LogP contribution in [0.5, 0.6) is 0 Å². The Morgan fingerprint density at radius 3 is 2.52 bits per heavy atom. The minimum Gasteiger partial charge on any atom is -0.348 e. The first-order chi connectivity index (χ1) is 15.9. The highest BCUT2D eigenvalue weighted by Gasteiger charge is 2.14. The zero-order chi connectivity index (χ0) is 23.4. The van der Waals surface area contributed by atoms with Gasteiger partial charge in [0.25, 0.3) is 5.91 Å². The Kier molecular flexibility index (Phi) is 6.35. The van der Waals surface area contributed by atoms with Gasteiger partial charge in [-0.3, -0.25) is 9.59 Å². The smallest absolute Gasteiger partial charge is 0.348 e. The zero-order valence-corrected chi connectivity index (χ0v) is 18.5. The van der Waals surface area contributed by atoms with Crippen molar-refractivity contribution in [2.75, 3.05) is 5.32 Å². The third-order valence-electron chi connectivity index (χ3n) is 5.38. The minimum absolute atomic E-state index is 0.229. The number of aromatic nitrogens is 3. The van der Waals surface area contributed by atoms with E-state index in [1.807, 2.05) is 62.4 Å². The molecule has 0 unspecified atom stereocenters. The lowest BCUT2D eigenvalue weighted by molar-refractivity contribution is -0.117. The summed E-state index contributed by atoms with van der Waals surface area (Å²) in [5.41, 5.74) is 4.06. The molecular formula is C25H25N5O3. The molecular weight excluding hydrogens is 418 g/mol. The molecule has 2 N–H and O–H groups in total. The van der Waals surface area contributed by atoms with Crippen LogP contribution in [-0.2, 0) is 24.3 Å². The van der Waals surface area contributed by atoms with Crippen molar-refractivity contribution >= 4 is 23.1 Å². The van der Waals surface area contributed by atoms with Gasteiger partial charge in [0.2, 0.25) is 5.91 Å². The number of carbonyl (C=O) groups excluding carboxylic acids is 2. The second kappa shape index (κ2) is 9.52. The van der Waals surface area contributed by atoms with Crippen molar-refractivity contribution in [3.63, 3.8) is 0 Å². The Labute approximate surface area is 190 Å². The van der Waals surface area contributed by atoms with Gasteiger partial charge in [-0.25, -0.2) is 13.9 Å². The molecule has 33 heavy (non-hydrogen) atoms. The number of amides is 2. The zero-order valence-electron chi connectivity index (χ0n) is 18.5. The molecule has 4 aromatic rings. The van der Waals surface area contributed by atoms with Gasteiger partial charge in [-0.05, 0) is 42.7 Å². The molecule has 0 atom stereocenters. The largest absolute Gasteiger partial charge is 0.350 e. The van der Waals surface area contributed by atoms with E-state index in [4.69, 9.17) is 0 Å². The van der Waals surface area contributed by atoms with Crippen LogP contribution in [0.15, 0.2) is 71.7 Å². The fourth-order valence-corrected chi connectivity index (χ4v) is 3.52. The summed E-state index contributed by atoms with van der Waals surface area (Å²) in [4.78, 5) is 37.9. The molecule has 2 amide bonds. The molecule has 0 spiro atoms. The third kappa shape index (κ3) is 5.01. The van der Waals surface area contributed by atoms with E-state index in [-0.39, 0.29) is 18.4 Å². The molecule has 8 heteroatoms. The average Bonchev–Trinajstić information content (AvgIpc) is 3.13. The predicted molar refractivity (Wildman–Crippen MR) is 126 cm³/mol. The number of fused-ring (bicyclic) bond motifs is 1. The van der Waals surface area contributed by atoms with Crippen molar-refractivity contribution in [2.24, 2.45) is 0 Å². The van der Waals surface area contributed by atoms with E-state index in [0.717, 1.165) is 27.8 Å². The summed E-state index contributed by atoms with van der Waals surface area (Å²) in [7, 11) is 0. The van der Waals surface area contributed by atoms with E-state index < -0.39 is 5.69 Å². The number of nitrogens with zero attached hydrogens (tertiary/aromatic N) is 3. The highest BCUT2D eigenvalue weighted by molar-refractivity contribution is 5.94. The fraction of sp³-hybridized carbons (Fsp3) is 0.200. The first-order valence-electron chi connectivity index (χ1n) is 10.8. The Hall–Kier alpha value is -4.20. The standard InChI is InChI=1S/C25H25N5O3/c1-3-19-6-4-5-7-21(19)27-23(31)16-30-25(33)29-15-20(12-13-22(29)28-30)24(32)26-14-18-10-8-17(2)9-11-18/h4-13,15H,3,14,16H2,1-2H3,(H,26,32)(H,27,31). The molecule has 0 aliphatic carbocycles. The number of hydrogen-bond acceptors (Lipinski definition) is 4. The molecule has 168 valence electrons. The molecule has 2 aromatic heterocycles. The number of para-hydroxylation sites is 1.